The molecule has 2 rings (SSSR count). The van der Waals surface area contributed by atoms with Crippen LogP contribution < -0.4 is 10.6 Å². The van der Waals surface area contributed by atoms with Gasteiger partial charge >= 0.3 is 11.9 Å². The SMILES string of the molecule is COC(=O)C1=C(C)NC(c2ccccc2)=C(C(=O)NCC(=O)OC(C)(C)C)C1C. The molecule has 29 heavy (non-hydrogen) atoms. The van der Waals surface area contributed by atoms with Crippen LogP contribution in [0.15, 0.2) is 47.2 Å². The lowest BCUT2D eigenvalue weighted by molar-refractivity contribution is -0.154. The molecule has 0 aromatic heterocycles. The largest absolute Gasteiger partial charge is 0.466 e. The van der Waals surface area contributed by atoms with Gasteiger partial charge in [0.05, 0.1) is 18.4 Å². The van der Waals surface area contributed by atoms with Gasteiger partial charge < -0.3 is 20.1 Å². The highest BCUT2D eigenvalue weighted by atomic mass is 16.6. The van der Waals surface area contributed by atoms with Gasteiger partial charge in [-0.05, 0) is 33.3 Å². The lowest BCUT2D eigenvalue weighted by Crippen LogP contribution is -2.39. The number of hydrogen-bond donors (Lipinski definition) is 2. The molecule has 1 atom stereocenters. The number of hydrogen-bond acceptors (Lipinski definition) is 6. The number of dihydropyridines is 1. The molecule has 2 N–H and O–H groups in total. The van der Waals surface area contributed by atoms with Gasteiger partial charge in [0.15, 0.2) is 0 Å². The first-order chi connectivity index (χ1) is 13.5. The van der Waals surface area contributed by atoms with E-state index in [1.165, 1.54) is 7.11 Å². The highest BCUT2D eigenvalue weighted by Crippen LogP contribution is 2.34. The standard InChI is InChI=1S/C22H28N2O5/c1-13-17(21(27)28-6)14(2)24-19(15-10-8-7-9-11-15)18(13)20(26)23-12-16(25)29-22(3,4)5/h7-11,13,24H,12H2,1-6H3,(H,23,26). The zero-order valence-corrected chi connectivity index (χ0v) is 17.7. The molecule has 1 aliphatic heterocycles. The number of amides is 1. The quantitative estimate of drug-likeness (QED) is 0.738. The summed E-state index contributed by atoms with van der Waals surface area (Å²) in [7, 11) is 1.30. The average molecular weight is 400 g/mol. The van der Waals surface area contributed by atoms with Gasteiger partial charge in [-0.1, -0.05) is 37.3 Å². The van der Waals surface area contributed by atoms with Gasteiger partial charge in [0.1, 0.15) is 12.1 Å². The summed E-state index contributed by atoms with van der Waals surface area (Å²) in [6, 6.07) is 9.33. The van der Waals surface area contributed by atoms with Gasteiger partial charge in [0, 0.05) is 17.2 Å². The van der Waals surface area contributed by atoms with E-state index in [0.717, 1.165) is 5.56 Å². The van der Waals surface area contributed by atoms with Crippen LogP contribution in [0.25, 0.3) is 5.70 Å². The van der Waals surface area contributed by atoms with E-state index in [0.29, 0.717) is 22.5 Å². The fourth-order valence-corrected chi connectivity index (χ4v) is 3.22. The summed E-state index contributed by atoms with van der Waals surface area (Å²) in [6.07, 6.45) is 0. The van der Waals surface area contributed by atoms with E-state index in [2.05, 4.69) is 10.6 Å². The predicted octanol–water partition coefficient (Wildman–Crippen LogP) is 2.54. The fraction of sp³-hybridized carbons (Fsp3) is 0.409. The third-order valence-electron chi connectivity index (χ3n) is 4.38. The number of ether oxygens (including phenoxy) is 2. The van der Waals surface area contributed by atoms with E-state index >= 15 is 0 Å². The Hall–Kier alpha value is -3.09. The molecular formula is C22H28N2O5. The van der Waals surface area contributed by atoms with Crippen molar-refractivity contribution in [3.63, 3.8) is 0 Å². The maximum absolute atomic E-state index is 13.0. The summed E-state index contributed by atoms with van der Waals surface area (Å²) in [6.45, 7) is 8.53. The molecular weight excluding hydrogens is 372 g/mol. The smallest absolute Gasteiger partial charge is 0.336 e. The molecule has 1 aromatic rings. The van der Waals surface area contributed by atoms with Gasteiger partial charge in [-0.3, -0.25) is 9.59 Å². The molecule has 1 heterocycles. The molecule has 0 fully saturated rings. The van der Waals surface area contributed by atoms with Crippen LogP contribution in [0, 0.1) is 5.92 Å². The van der Waals surface area contributed by atoms with E-state index in [9.17, 15) is 14.4 Å². The first kappa shape index (κ1) is 22.2. The van der Waals surface area contributed by atoms with Crippen molar-refractivity contribution in [1.29, 1.82) is 0 Å². The molecule has 0 aliphatic carbocycles. The summed E-state index contributed by atoms with van der Waals surface area (Å²) < 4.78 is 10.1. The maximum atomic E-state index is 13.0. The van der Waals surface area contributed by atoms with E-state index < -0.39 is 29.4 Å². The molecule has 1 aromatic carbocycles. The second kappa shape index (κ2) is 8.94. The van der Waals surface area contributed by atoms with E-state index in [1.807, 2.05) is 30.3 Å². The number of nitrogens with one attached hydrogen (secondary N) is 2. The van der Waals surface area contributed by atoms with Crippen molar-refractivity contribution < 1.29 is 23.9 Å². The zero-order chi connectivity index (χ0) is 21.8. The van der Waals surface area contributed by atoms with Crippen LogP contribution in [0.3, 0.4) is 0 Å². The summed E-state index contributed by atoms with van der Waals surface area (Å²) in [5.74, 6) is -2.03. The van der Waals surface area contributed by atoms with Crippen LogP contribution in [0.1, 0.15) is 40.2 Å². The van der Waals surface area contributed by atoms with E-state index in [1.54, 1.807) is 34.6 Å². The Morgan fingerprint density at radius 2 is 1.72 bits per heavy atom. The van der Waals surface area contributed by atoms with Crippen LogP contribution in [0.2, 0.25) is 0 Å². The topological polar surface area (TPSA) is 93.7 Å². The molecule has 156 valence electrons. The van der Waals surface area contributed by atoms with Gasteiger partial charge in [0.25, 0.3) is 0 Å². The van der Waals surface area contributed by atoms with Crippen molar-refractivity contribution in [2.24, 2.45) is 5.92 Å². The minimum atomic E-state index is -0.645. The summed E-state index contributed by atoms with van der Waals surface area (Å²) >= 11 is 0. The molecule has 0 saturated carbocycles. The van der Waals surface area contributed by atoms with Crippen molar-refractivity contribution in [3.05, 3.63) is 52.7 Å². The maximum Gasteiger partial charge on any atom is 0.336 e. The lowest BCUT2D eigenvalue weighted by Gasteiger charge is -2.29. The normalized spacial score (nSPS) is 16.8. The Kier molecular flexibility index (Phi) is 6.84. The summed E-state index contributed by atoms with van der Waals surface area (Å²) in [4.78, 5) is 37.3. The Labute approximate surface area is 171 Å². The van der Waals surface area contributed by atoms with Crippen molar-refractivity contribution in [2.75, 3.05) is 13.7 Å². The average Bonchev–Trinajstić information content (AvgIpc) is 2.64. The first-order valence-electron chi connectivity index (χ1n) is 9.41. The lowest BCUT2D eigenvalue weighted by atomic mass is 9.84. The third-order valence-corrected chi connectivity index (χ3v) is 4.38. The molecule has 0 radical (unpaired) electrons. The minimum absolute atomic E-state index is 0.273. The molecule has 1 aliphatic rings. The minimum Gasteiger partial charge on any atom is -0.466 e. The number of carbonyl (C=O) groups is 3. The first-order valence-corrected chi connectivity index (χ1v) is 9.41. The molecule has 1 amide bonds. The predicted molar refractivity (Wildman–Crippen MR) is 109 cm³/mol. The molecule has 0 saturated heterocycles. The van der Waals surface area contributed by atoms with Crippen LogP contribution >= 0.6 is 0 Å². The van der Waals surface area contributed by atoms with Crippen LogP contribution in [-0.2, 0) is 23.9 Å². The van der Waals surface area contributed by atoms with Crippen LogP contribution in [0.4, 0.5) is 0 Å². The molecule has 7 heteroatoms. The van der Waals surface area contributed by atoms with Crippen LogP contribution in [-0.4, -0.2) is 37.1 Å². The molecule has 0 bridgehead atoms. The zero-order valence-electron chi connectivity index (χ0n) is 17.7. The number of esters is 2. The van der Waals surface area contributed by atoms with Gasteiger partial charge in [-0.15, -0.1) is 0 Å². The number of carbonyl (C=O) groups excluding carboxylic acids is 3. The number of benzene rings is 1. The van der Waals surface area contributed by atoms with Crippen molar-refractivity contribution in [1.82, 2.24) is 10.6 Å². The van der Waals surface area contributed by atoms with E-state index in [-0.39, 0.29) is 6.54 Å². The second-order valence-corrected chi connectivity index (χ2v) is 7.80. The number of rotatable bonds is 5. The highest BCUT2D eigenvalue weighted by Gasteiger charge is 2.34. The molecule has 1 unspecified atom stereocenters. The third kappa shape index (κ3) is 5.47. The summed E-state index contributed by atoms with van der Waals surface area (Å²) in [5.41, 5.74) is 2.08. The van der Waals surface area contributed by atoms with E-state index in [4.69, 9.17) is 9.47 Å². The van der Waals surface area contributed by atoms with Gasteiger partial charge in [-0.25, -0.2) is 4.79 Å². The molecule has 0 spiro atoms. The Morgan fingerprint density at radius 3 is 2.28 bits per heavy atom. The second-order valence-electron chi connectivity index (χ2n) is 7.80. The van der Waals surface area contributed by atoms with Crippen LogP contribution in [0.5, 0.6) is 0 Å². The van der Waals surface area contributed by atoms with Gasteiger partial charge in [-0.2, -0.15) is 0 Å². The monoisotopic (exact) mass is 400 g/mol. The number of allylic oxidation sites excluding steroid dienone is 1. The van der Waals surface area contributed by atoms with Crippen molar-refractivity contribution in [2.45, 2.75) is 40.2 Å². The molecule has 7 nitrogen and oxygen atoms in total. The van der Waals surface area contributed by atoms with Crippen molar-refractivity contribution in [3.8, 4) is 0 Å². The van der Waals surface area contributed by atoms with Crippen molar-refractivity contribution >= 4 is 23.5 Å². The Morgan fingerprint density at radius 1 is 1.10 bits per heavy atom. The fourth-order valence-electron chi connectivity index (χ4n) is 3.22. The Balaban J connectivity index is 2.37. The summed E-state index contributed by atoms with van der Waals surface area (Å²) in [5, 5.41) is 5.78. The Bertz CT molecular complexity index is 863. The number of methoxy groups -OCH3 is 1. The highest BCUT2D eigenvalue weighted by molar-refractivity contribution is 6.06. The van der Waals surface area contributed by atoms with Gasteiger partial charge in [0.2, 0.25) is 5.91 Å².